The zero-order chi connectivity index (χ0) is 33.4. The van der Waals surface area contributed by atoms with Crippen molar-refractivity contribution in [3.05, 3.63) is 66.1 Å². The molecular formula is C37H48N4O6. The van der Waals surface area contributed by atoms with Crippen molar-refractivity contribution in [2.45, 2.75) is 96.6 Å². The number of oxazole rings is 1. The number of carbonyl (C=O) groups excluding carboxylic acids is 4. The number of ketones is 1. The number of Topliss-reactive ketones (excluding diaryl/α,β-unsaturated/α-hetero) is 1. The van der Waals surface area contributed by atoms with Crippen LogP contribution in [0.5, 0.6) is 0 Å². The highest BCUT2D eigenvalue weighted by molar-refractivity contribution is 6.02. The molecule has 1 aliphatic heterocycles. The summed E-state index contributed by atoms with van der Waals surface area (Å²) in [6.45, 7) is 6.51. The van der Waals surface area contributed by atoms with Crippen LogP contribution in [0.1, 0.15) is 94.8 Å². The standard InChI is InChI=1S/C37H48N4O6/c1-37(2,3)47-36(45)40-23-21-28(22-24-40)34(43)41(25-20-27-14-8-5-9-15-27)35(44)39-30(19-18-26-12-6-4-7-13-26)32(42)33-38-29-16-10-11-17-31(29)46-33/h4,6-7,10-13,16-17,27-28,30H,5,8-9,14-15,18-25H2,1-3H3,(H,39,44)/t30-/m0/s1. The van der Waals surface area contributed by atoms with E-state index in [4.69, 9.17) is 9.15 Å². The fourth-order valence-electron chi connectivity index (χ4n) is 6.53. The van der Waals surface area contributed by atoms with Crippen LogP contribution in [-0.2, 0) is 16.0 Å². The van der Waals surface area contributed by atoms with Gasteiger partial charge in [-0.05, 0) is 76.5 Å². The van der Waals surface area contributed by atoms with Gasteiger partial charge in [-0.25, -0.2) is 14.6 Å². The number of fused-ring (bicyclic) bond motifs is 1. The van der Waals surface area contributed by atoms with Crippen molar-refractivity contribution in [1.29, 1.82) is 0 Å². The molecule has 2 heterocycles. The van der Waals surface area contributed by atoms with Crippen molar-refractivity contribution in [1.82, 2.24) is 20.1 Å². The Balaban J connectivity index is 1.32. The number of hydrogen-bond donors (Lipinski definition) is 1. The molecule has 0 radical (unpaired) electrons. The predicted octanol–water partition coefficient (Wildman–Crippen LogP) is 7.17. The summed E-state index contributed by atoms with van der Waals surface area (Å²) in [5.74, 6) is -0.731. The number of ether oxygens (including phenoxy) is 1. The summed E-state index contributed by atoms with van der Waals surface area (Å²) in [5.41, 5.74) is 1.47. The van der Waals surface area contributed by atoms with Crippen LogP contribution in [0.3, 0.4) is 0 Å². The zero-order valence-electron chi connectivity index (χ0n) is 27.9. The van der Waals surface area contributed by atoms with Gasteiger partial charge in [0.05, 0.1) is 6.04 Å². The van der Waals surface area contributed by atoms with Crippen LogP contribution in [-0.4, -0.2) is 69.9 Å². The Bertz CT molecular complexity index is 1480. The quantitative estimate of drug-likeness (QED) is 0.232. The van der Waals surface area contributed by atoms with Crippen LogP contribution < -0.4 is 5.32 Å². The average molecular weight is 645 g/mol. The van der Waals surface area contributed by atoms with E-state index in [2.05, 4.69) is 10.3 Å². The number of aromatic nitrogens is 1. The Morgan fingerprint density at radius 1 is 0.957 bits per heavy atom. The predicted molar refractivity (Wildman–Crippen MR) is 179 cm³/mol. The van der Waals surface area contributed by atoms with E-state index in [1.54, 1.807) is 17.0 Å². The second kappa shape index (κ2) is 15.6. The van der Waals surface area contributed by atoms with Gasteiger partial charge in [-0.15, -0.1) is 0 Å². The normalized spacial score (nSPS) is 16.9. The molecule has 4 amide bonds. The number of piperidine rings is 1. The van der Waals surface area contributed by atoms with Crippen LogP contribution in [0.15, 0.2) is 59.0 Å². The molecule has 0 spiro atoms. The Labute approximate surface area is 277 Å². The maximum Gasteiger partial charge on any atom is 0.410 e. The minimum Gasteiger partial charge on any atom is -0.444 e. The van der Waals surface area contributed by atoms with Crippen molar-refractivity contribution >= 4 is 34.9 Å². The van der Waals surface area contributed by atoms with E-state index >= 15 is 0 Å². The van der Waals surface area contributed by atoms with Gasteiger partial charge in [0, 0.05) is 25.6 Å². The van der Waals surface area contributed by atoms with Gasteiger partial charge in [0.1, 0.15) is 11.1 Å². The molecule has 1 N–H and O–H groups in total. The molecule has 1 saturated heterocycles. The second-order valence-electron chi connectivity index (χ2n) is 13.9. The Morgan fingerprint density at radius 3 is 2.32 bits per heavy atom. The molecule has 5 rings (SSSR count). The van der Waals surface area contributed by atoms with Gasteiger partial charge in [-0.2, -0.15) is 0 Å². The Morgan fingerprint density at radius 2 is 1.64 bits per heavy atom. The SMILES string of the molecule is CC(C)(C)OC(=O)N1CCC(C(=O)N(CCC2CCCCC2)C(=O)N[C@@H](CCc2ccccc2)C(=O)c2nc3ccccc3o2)CC1. The van der Waals surface area contributed by atoms with E-state index in [0.29, 0.717) is 55.8 Å². The van der Waals surface area contributed by atoms with Crippen LogP contribution in [0.25, 0.3) is 11.1 Å². The van der Waals surface area contributed by atoms with Crippen LogP contribution in [0.2, 0.25) is 0 Å². The number of amides is 4. The Hall–Kier alpha value is -4.21. The largest absolute Gasteiger partial charge is 0.444 e. The molecule has 10 heteroatoms. The van der Waals surface area contributed by atoms with Gasteiger partial charge in [0.2, 0.25) is 11.7 Å². The second-order valence-corrected chi connectivity index (χ2v) is 13.9. The van der Waals surface area contributed by atoms with E-state index in [1.807, 2.05) is 63.2 Å². The molecule has 1 atom stereocenters. The third-order valence-electron chi connectivity index (χ3n) is 9.18. The zero-order valence-corrected chi connectivity index (χ0v) is 27.9. The van der Waals surface area contributed by atoms with Gasteiger partial charge >= 0.3 is 12.1 Å². The number of imide groups is 1. The lowest BCUT2D eigenvalue weighted by Crippen LogP contribution is -2.53. The fraction of sp³-hybridized carbons (Fsp3) is 0.541. The summed E-state index contributed by atoms with van der Waals surface area (Å²) >= 11 is 0. The Kier molecular flexibility index (Phi) is 11.3. The lowest BCUT2D eigenvalue weighted by atomic mass is 9.87. The van der Waals surface area contributed by atoms with Gasteiger partial charge in [-0.3, -0.25) is 14.5 Å². The number of urea groups is 1. The lowest BCUT2D eigenvalue weighted by molar-refractivity contribution is -0.134. The fourth-order valence-corrected chi connectivity index (χ4v) is 6.53. The first-order chi connectivity index (χ1) is 22.6. The molecule has 2 aromatic carbocycles. The van der Waals surface area contributed by atoms with Crippen molar-refractivity contribution in [3.63, 3.8) is 0 Å². The van der Waals surface area contributed by atoms with Crippen molar-refractivity contribution in [3.8, 4) is 0 Å². The molecule has 252 valence electrons. The first-order valence-electron chi connectivity index (χ1n) is 17.1. The third kappa shape index (κ3) is 9.42. The minimum atomic E-state index is -0.949. The number of benzene rings is 2. The van der Waals surface area contributed by atoms with Gasteiger partial charge in [0.25, 0.3) is 5.89 Å². The molecule has 47 heavy (non-hydrogen) atoms. The molecule has 3 aromatic rings. The number of nitrogens with zero attached hydrogens (tertiary/aromatic N) is 3. The van der Waals surface area contributed by atoms with E-state index in [9.17, 15) is 19.2 Å². The van der Waals surface area contributed by atoms with Crippen LogP contribution in [0.4, 0.5) is 9.59 Å². The molecule has 0 bridgehead atoms. The lowest BCUT2D eigenvalue weighted by Gasteiger charge is -2.35. The van der Waals surface area contributed by atoms with Crippen LogP contribution >= 0.6 is 0 Å². The molecular weight excluding hydrogens is 596 g/mol. The topological polar surface area (TPSA) is 122 Å². The third-order valence-corrected chi connectivity index (χ3v) is 9.18. The summed E-state index contributed by atoms with van der Waals surface area (Å²) in [5, 5.41) is 2.92. The van der Waals surface area contributed by atoms with E-state index in [-0.39, 0.29) is 18.3 Å². The van der Waals surface area contributed by atoms with Crippen molar-refractivity contribution in [2.75, 3.05) is 19.6 Å². The highest BCUT2D eigenvalue weighted by Gasteiger charge is 2.36. The summed E-state index contributed by atoms with van der Waals surface area (Å²) < 4.78 is 11.3. The molecule has 1 aliphatic carbocycles. The highest BCUT2D eigenvalue weighted by Crippen LogP contribution is 2.28. The molecule has 2 fully saturated rings. The van der Waals surface area contributed by atoms with Gasteiger partial charge in [-0.1, -0.05) is 74.6 Å². The smallest absolute Gasteiger partial charge is 0.410 e. The van der Waals surface area contributed by atoms with E-state index < -0.39 is 35.5 Å². The van der Waals surface area contributed by atoms with E-state index in [0.717, 1.165) is 37.7 Å². The molecule has 10 nitrogen and oxygen atoms in total. The average Bonchev–Trinajstić information content (AvgIpc) is 3.51. The maximum atomic E-state index is 14.1. The number of para-hydroxylation sites is 2. The first-order valence-corrected chi connectivity index (χ1v) is 17.1. The molecule has 1 aromatic heterocycles. The number of rotatable bonds is 10. The molecule has 0 unspecified atom stereocenters. The molecule has 2 aliphatic rings. The number of hydrogen-bond acceptors (Lipinski definition) is 7. The summed E-state index contributed by atoms with van der Waals surface area (Å²) in [6, 6.07) is 15.4. The number of likely N-dealkylation sites (tertiary alicyclic amines) is 1. The van der Waals surface area contributed by atoms with Crippen molar-refractivity contribution in [2.24, 2.45) is 11.8 Å². The van der Waals surface area contributed by atoms with Crippen LogP contribution in [0, 0.1) is 11.8 Å². The number of carbonyl (C=O) groups is 4. The minimum absolute atomic E-state index is 0.0702. The van der Waals surface area contributed by atoms with Gasteiger partial charge < -0.3 is 19.4 Å². The summed E-state index contributed by atoms with van der Waals surface area (Å²) in [7, 11) is 0. The first kappa shape index (κ1) is 34.1. The monoisotopic (exact) mass is 644 g/mol. The molecule has 1 saturated carbocycles. The van der Waals surface area contributed by atoms with Gasteiger partial charge in [0.15, 0.2) is 5.58 Å². The maximum absolute atomic E-state index is 14.1. The van der Waals surface area contributed by atoms with E-state index in [1.165, 1.54) is 11.3 Å². The number of nitrogens with one attached hydrogen (secondary N) is 1. The summed E-state index contributed by atoms with van der Waals surface area (Å²) in [6.07, 6.45) is 7.78. The summed E-state index contributed by atoms with van der Waals surface area (Å²) in [4.78, 5) is 61.9. The highest BCUT2D eigenvalue weighted by atomic mass is 16.6. The number of aryl methyl sites for hydroxylation is 1. The van der Waals surface area contributed by atoms with Crippen molar-refractivity contribution < 1.29 is 28.3 Å².